The molecule has 1 aromatic carbocycles. The molecule has 30 heavy (non-hydrogen) atoms. The fraction of sp³-hybridized carbons (Fsp3) is 0.455. The van der Waals surface area contributed by atoms with E-state index in [4.69, 9.17) is 9.26 Å². The highest BCUT2D eigenvalue weighted by molar-refractivity contribution is 5.99. The summed E-state index contributed by atoms with van der Waals surface area (Å²) >= 11 is 0. The number of H-pyrrole nitrogens is 1. The first-order chi connectivity index (χ1) is 14.8. The van der Waals surface area contributed by atoms with E-state index >= 15 is 0 Å². The number of carbonyl (C=O) groups is 1. The number of hydrogen-bond acceptors (Lipinski definition) is 6. The molecule has 1 N–H and O–H groups in total. The molecule has 1 aliphatic carbocycles. The zero-order chi connectivity index (χ0) is 20.3. The Labute approximate surface area is 174 Å². The molecule has 1 saturated heterocycles. The van der Waals surface area contributed by atoms with Crippen LogP contribution in [-0.2, 0) is 11.2 Å². The van der Waals surface area contributed by atoms with Gasteiger partial charge in [0.15, 0.2) is 5.82 Å². The Morgan fingerprint density at radius 2 is 1.97 bits per heavy atom. The quantitative estimate of drug-likeness (QED) is 0.646. The molecule has 2 aromatic heterocycles. The molecule has 0 spiro atoms. The summed E-state index contributed by atoms with van der Waals surface area (Å²) in [4.78, 5) is 19.3. The van der Waals surface area contributed by atoms with Crippen molar-refractivity contribution in [3.63, 3.8) is 0 Å². The van der Waals surface area contributed by atoms with Gasteiger partial charge in [-0.05, 0) is 25.7 Å². The zero-order valence-corrected chi connectivity index (χ0v) is 16.8. The van der Waals surface area contributed by atoms with Gasteiger partial charge in [0, 0.05) is 31.0 Å². The van der Waals surface area contributed by atoms with Crippen LogP contribution in [0.2, 0.25) is 0 Å². The number of piperidine rings is 1. The molecule has 0 atom stereocenters. The van der Waals surface area contributed by atoms with Crippen LogP contribution < -0.4 is 0 Å². The third-order valence-corrected chi connectivity index (χ3v) is 5.75. The summed E-state index contributed by atoms with van der Waals surface area (Å²) in [5, 5.41) is 11.1. The largest absolute Gasteiger partial charge is 0.378 e. The van der Waals surface area contributed by atoms with Crippen LogP contribution in [0.5, 0.6) is 0 Å². The predicted molar refractivity (Wildman–Crippen MR) is 109 cm³/mol. The molecule has 2 fully saturated rings. The van der Waals surface area contributed by atoms with Gasteiger partial charge < -0.3 is 14.2 Å². The summed E-state index contributed by atoms with van der Waals surface area (Å²) in [7, 11) is 0. The maximum absolute atomic E-state index is 13.0. The summed E-state index contributed by atoms with van der Waals surface area (Å²) < 4.78 is 11.3. The fourth-order valence-electron chi connectivity index (χ4n) is 3.85. The first-order valence-corrected chi connectivity index (χ1v) is 10.6. The van der Waals surface area contributed by atoms with Crippen LogP contribution in [0.15, 0.2) is 41.1 Å². The molecule has 3 aromatic rings. The molecule has 8 nitrogen and oxygen atoms in total. The smallest absolute Gasteiger partial charge is 0.257 e. The minimum Gasteiger partial charge on any atom is -0.378 e. The van der Waals surface area contributed by atoms with Crippen molar-refractivity contribution < 1.29 is 14.1 Å². The molecule has 3 heterocycles. The summed E-state index contributed by atoms with van der Waals surface area (Å²) in [6.07, 6.45) is 6.39. The van der Waals surface area contributed by atoms with Gasteiger partial charge >= 0.3 is 0 Å². The molecular weight excluding hydrogens is 382 g/mol. The van der Waals surface area contributed by atoms with Crippen LogP contribution in [0.1, 0.15) is 53.7 Å². The van der Waals surface area contributed by atoms with Crippen LogP contribution in [0, 0.1) is 0 Å². The molecule has 1 saturated carbocycles. The number of nitrogens with zero attached hydrogens (tertiary/aromatic N) is 4. The van der Waals surface area contributed by atoms with E-state index in [0.29, 0.717) is 37.6 Å². The number of aromatic nitrogens is 4. The van der Waals surface area contributed by atoms with E-state index < -0.39 is 0 Å². The van der Waals surface area contributed by atoms with E-state index in [0.717, 1.165) is 48.7 Å². The normalized spacial score (nSPS) is 17.4. The van der Waals surface area contributed by atoms with E-state index in [2.05, 4.69) is 20.3 Å². The van der Waals surface area contributed by atoms with E-state index in [9.17, 15) is 4.79 Å². The highest BCUT2D eigenvalue weighted by atomic mass is 16.5. The van der Waals surface area contributed by atoms with Crippen molar-refractivity contribution in [1.82, 2.24) is 25.2 Å². The lowest BCUT2D eigenvalue weighted by atomic mass is 10.0. The van der Waals surface area contributed by atoms with Gasteiger partial charge in [-0.3, -0.25) is 9.89 Å². The number of hydrogen-bond donors (Lipinski definition) is 1. The van der Waals surface area contributed by atoms with Gasteiger partial charge in [0.25, 0.3) is 5.91 Å². The number of amides is 1. The summed E-state index contributed by atoms with van der Waals surface area (Å²) in [6.45, 7) is 1.93. The summed E-state index contributed by atoms with van der Waals surface area (Å²) in [5.41, 5.74) is 2.34. The van der Waals surface area contributed by atoms with Crippen LogP contribution in [0.4, 0.5) is 0 Å². The van der Waals surface area contributed by atoms with Crippen LogP contribution in [-0.4, -0.2) is 56.9 Å². The number of likely N-dealkylation sites (tertiary alicyclic amines) is 1. The van der Waals surface area contributed by atoms with Gasteiger partial charge in [-0.15, -0.1) is 0 Å². The number of benzene rings is 1. The maximum atomic E-state index is 13.0. The van der Waals surface area contributed by atoms with Crippen molar-refractivity contribution in [2.75, 3.05) is 19.7 Å². The summed E-state index contributed by atoms with van der Waals surface area (Å²) in [5.74, 6) is 1.98. The van der Waals surface area contributed by atoms with Crippen molar-refractivity contribution in [2.45, 2.75) is 44.1 Å². The third-order valence-electron chi connectivity index (χ3n) is 5.75. The summed E-state index contributed by atoms with van der Waals surface area (Å²) in [6, 6.07) is 9.81. The lowest BCUT2D eigenvalue weighted by Crippen LogP contribution is -2.41. The van der Waals surface area contributed by atoms with Gasteiger partial charge in [0.1, 0.15) is 0 Å². The Balaban J connectivity index is 1.11. The Morgan fingerprint density at radius 1 is 1.17 bits per heavy atom. The average molecular weight is 407 g/mol. The number of rotatable bonds is 7. The molecule has 5 rings (SSSR count). The minimum absolute atomic E-state index is 0.0143. The third kappa shape index (κ3) is 4.14. The maximum Gasteiger partial charge on any atom is 0.257 e. The molecule has 0 radical (unpaired) electrons. The highest BCUT2D eigenvalue weighted by Gasteiger charge is 2.30. The van der Waals surface area contributed by atoms with Gasteiger partial charge in [-0.2, -0.15) is 10.1 Å². The van der Waals surface area contributed by atoms with Gasteiger partial charge in [0.2, 0.25) is 5.89 Å². The second-order valence-electron chi connectivity index (χ2n) is 7.96. The number of ether oxygens (including phenoxy) is 1. The van der Waals surface area contributed by atoms with Gasteiger partial charge in [-0.1, -0.05) is 35.5 Å². The molecule has 0 unspecified atom stereocenters. The van der Waals surface area contributed by atoms with Crippen molar-refractivity contribution >= 4 is 5.91 Å². The molecule has 156 valence electrons. The Hall–Kier alpha value is -3.00. The van der Waals surface area contributed by atoms with E-state index in [1.165, 1.54) is 0 Å². The second kappa shape index (κ2) is 8.39. The zero-order valence-electron chi connectivity index (χ0n) is 16.8. The highest BCUT2D eigenvalue weighted by Crippen LogP contribution is 2.38. The van der Waals surface area contributed by atoms with Crippen molar-refractivity contribution in [2.24, 2.45) is 0 Å². The van der Waals surface area contributed by atoms with E-state index in [1.807, 2.05) is 35.2 Å². The number of nitrogens with one attached hydrogen (secondary N) is 1. The molecule has 1 amide bonds. The van der Waals surface area contributed by atoms with Crippen LogP contribution in [0.25, 0.3) is 11.3 Å². The average Bonchev–Trinajstić information content (AvgIpc) is 3.33. The van der Waals surface area contributed by atoms with Crippen molar-refractivity contribution in [3.8, 4) is 11.3 Å². The minimum atomic E-state index is 0.0143. The molecule has 0 bridgehead atoms. The monoisotopic (exact) mass is 407 g/mol. The van der Waals surface area contributed by atoms with Crippen LogP contribution >= 0.6 is 0 Å². The van der Waals surface area contributed by atoms with Crippen molar-refractivity contribution in [3.05, 3.63) is 53.8 Å². The molecule has 2 aliphatic rings. The Morgan fingerprint density at radius 3 is 2.73 bits per heavy atom. The number of carbonyl (C=O) groups excluding carboxylic acids is 1. The Kier molecular flexibility index (Phi) is 5.31. The van der Waals surface area contributed by atoms with Crippen LogP contribution in [0.3, 0.4) is 0 Å². The van der Waals surface area contributed by atoms with Gasteiger partial charge in [0.05, 0.1) is 30.2 Å². The predicted octanol–water partition coefficient (Wildman–Crippen LogP) is 3.20. The van der Waals surface area contributed by atoms with E-state index in [-0.39, 0.29) is 12.0 Å². The first kappa shape index (κ1) is 19.0. The lowest BCUT2D eigenvalue weighted by Gasteiger charge is -2.32. The number of aromatic amines is 1. The molecule has 1 aliphatic heterocycles. The topological polar surface area (TPSA) is 97.1 Å². The van der Waals surface area contributed by atoms with E-state index in [1.54, 1.807) is 6.20 Å². The lowest BCUT2D eigenvalue weighted by molar-refractivity contribution is 0.00950. The Bertz CT molecular complexity index is 987. The molecule has 8 heteroatoms. The van der Waals surface area contributed by atoms with Gasteiger partial charge in [-0.25, -0.2) is 0 Å². The standard InChI is InChI=1S/C22H25N5O3/c28-22(18-14-23-25-20(18)15-4-2-1-3-5-15)27-11-8-17(9-12-27)29-13-10-19-24-21(30-26-19)16-6-7-16/h1-5,14,16-17H,6-13H2,(H,23,25). The second-order valence-corrected chi connectivity index (χ2v) is 7.96. The SMILES string of the molecule is O=C(c1cn[nH]c1-c1ccccc1)N1CCC(OCCc2noc(C3CC3)n2)CC1. The fourth-order valence-corrected chi connectivity index (χ4v) is 3.85. The first-order valence-electron chi connectivity index (χ1n) is 10.6. The molecular formula is C22H25N5O3. The van der Waals surface area contributed by atoms with Crippen molar-refractivity contribution in [1.29, 1.82) is 0 Å².